The molecule has 104 valence electrons. The first-order valence-electron chi connectivity index (χ1n) is 6.35. The smallest absolute Gasteiger partial charge is 0.338 e. The highest BCUT2D eigenvalue weighted by atomic mass is 32.1. The highest BCUT2D eigenvalue weighted by Crippen LogP contribution is 2.11. The van der Waals surface area contributed by atoms with Crippen LogP contribution in [-0.2, 0) is 4.74 Å². The van der Waals surface area contributed by atoms with Crippen LogP contribution in [0.4, 0.5) is 5.69 Å². The third kappa shape index (κ3) is 5.70. The highest BCUT2D eigenvalue weighted by molar-refractivity contribution is 7.80. The number of hydrogen-bond donors (Lipinski definition) is 2. The lowest BCUT2D eigenvalue weighted by atomic mass is 10.2. The van der Waals surface area contributed by atoms with E-state index in [4.69, 9.17) is 17.0 Å². The summed E-state index contributed by atoms with van der Waals surface area (Å²) in [5.74, 6) is 0.192. The van der Waals surface area contributed by atoms with Gasteiger partial charge < -0.3 is 15.4 Å². The molecule has 0 radical (unpaired) electrons. The summed E-state index contributed by atoms with van der Waals surface area (Å²) in [6.07, 6.45) is 0. The van der Waals surface area contributed by atoms with Crippen LogP contribution in [0.1, 0.15) is 31.1 Å². The predicted octanol–water partition coefficient (Wildman–Crippen LogP) is 2.81. The van der Waals surface area contributed by atoms with Crippen molar-refractivity contribution in [3.8, 4) is 0 Å². The molecule has 0 fully saturated rings. The number of esters is 1. The number of benzene rings is 1. The molecule has 0 unspecified atom stereocenters. The number of anilines is 1. The molecule has 1 aromatic rings. The molecule has 4 nitrogen and oxygen atoms in total. The minimum atomic E-state index is -0.327. The van der Waals surface area contributed by atoms with Crippen LogP contribution in [0.15, 0.2) is 24.3 Å². The quantitative estimate of drug-likeness (QED) is 0.641. The molecular formula is C14H20N2O2S. The molecule has 19 heavy (non-hydrogen) atoms. The fraction of sp³-hybridized carbons (Fsp3) is 0.429. The summed E-state index contributed by atoms with van der Waals surface area (Å²) in [4.78, 5) is 11.6. The van der Waals surface area contributed by atoms with E-state index in [1.165, 1.54) is 0 Å². The number of rotatable bonds is 5. The maximum atomic E-state index is 11.6. The molecule has 0 atom stereocenters. The van der Waals surface area contributed by atoms with Crippen molar-refractivity contribution in [3.63, 3.8) is 0 Å². The van der Waals surface area contributed by atoms with Crippen molar-refractivity contribution in [3.05, 3.63) is 29.8 Å². The summed E-state index contributed by atoms with van der Waals surface area (Å²) in [5.41, 5.74) is 1.28. The van der Waals surface area contributed by atoms with E-state index < -0.39 is 0 Å². The Hall–Kier alpha value is -1.62. The number of nitrogens with one attached hydrogen (secondary N) is 2. The molecule has 0 bridgehead atoms. The molecule has 5 heteroatoms. The molecular weight excluding hydrogens is 260 g/mol. The van der Waals surface area contributed by atoms with Crippen molar-refractivity contribution < 1.29 is 9.53 Å². The summed E-state index contributed by atoms with van der Waals surface area (Å²) in [7, 11) is 0. The zero-order chi connectivity index (χ0) is 14.3. The molecule has 0 aromatic heterocycles. The molecule has 0 aliphatic carbocycles. The van der Waals surface area contributed by atoms with E-state index in [2.05, 4.69) is 24.5 Å². The van der Waals surface area contributed by atoms with Gasteiger partial charge in [-0.2, -0.15) is 0 Å². The van der Waals surface area contributed by atoms with E-state index in [0.29, 0.717) is 23.2 Å². The second-order valence-corrected chi connectivity index (χ2v) is 4.94. The molecule has 0 spiro atoms. The lowest BCUT2D eigenvalue weighted by Crippen LogP contribution is -2.31. The van der Waals surface area contributed by atoms with Gasteiger partial charge in [0.1, 0.15) is 0 Å². The molecule has 1 aromatic carbocycles. The molecule has 0 saturated carbocycles. The molecule has 0 amide bonds. The van der Waals surface area contributed by atoms with Crippen LogP contribution in [0.5, 0.6) is 0 Å². The number of hydrogen-bond acceptors (Lipinski definition) is 3. The minimum Gasteiger partial charge on any atom is -0.462 e. The first kappa shape index (κ1) is 15.4. The van der Waals surface area contributed by atoms with E-state index in [0.717, 1.165) is 12.2 Å². The van der Waals surface area contributed by atoms with Crippen molar-refractivity contribution in [1.29, 1.82) is 0 Å². The molecule has 2 N–H and O–H groups in total. The van der Waals surface area contributed by atoms with Crippen molar-refractivity contribution in [2.75, 3.05) is 18.5 Å². The zero-order valence-corrected chi connectivity index (χ0v) is 12.3. The normalized spacial score (nSPS) is 10.1. The highest BCUT2D eigenvalue weighted by Gasteiger charge is 2.07. The molecule has 0 aliphatic rings. The summed E-state index contributed by atoms with van der Waals surface area (Å²) in [5, 5.41) is 6.71. The van der Waals surface area contributed by atoms with Crippen LogP contribution in [0, 0.1) is 5.92 Å². The fourth-order valence-electron chi connectivity index (χ4n) is 1.41. The van der Waals surface area contributed by atoms with Crippen LogP contribution in [0.3, 0.4) is 0 Å². The third-order valence-corrected chi connectivity index (χ3v) is 2.55. The lowest BCUT2D eigenvalue weighted by molar-refractivity contribution is 0.0526. The van der Waals surface area contributed by atoms with Crippen LogP contribution in [0.25, 0.3) is 0 Å². The average molecular weight is 280 g/mol. The number of carbonyl (C=O) groups excluding carboxylic acids is 1. The Balaban J connectivity index is 2.61. The Bertz CT molecular complexity index is 447. The number of carbonyl (C=O) groups is 1. The monoisotopic (exact) mass is 280 g/mol. The third-order valence-electron chi connectivity index (χ3n) is 2.30. The summed E-state index contributed by atoms with van der Waals surface area (Å²) >= 11 is 5.18. The average Bonchev–Trinajstić information content (AvgIpc) is 2.37. The van der Waals surface area contributed by atoms with Crippen molar-refractivity contribution in [2.24, 2.45) is 5.92 Å². The molecule has 0 saturated heterocycles. The maximum Gasteiger partial charge on any atom is 0.338 e. The number of ether oxygens (including phenoxy) is 1. The minimum absolute atomic E-state index is 0.327. The van der Waals surface area contributed by atoms with Gasteiger partial charge in [-0.05, 0) is 43.3 Å². The Morgan fingerprint density at radius 1 is 1.42 bits per heavy atom. The second-order valence-electron chi connectivity index (χ2n) is 4.53. The fourth-order valence-corrected chi connectivity index (χ4v) is 1.61. The summed E-state index contributed by atoms with van der Waals surface area (Å²) in [6.45, 7) is 7.17. The Kier molecular flexibility index (Phi) is 6.29. The van der Waals surface area contributed by atoms with Crippen molar-refractivity contribution in [1.82, 2.24) is 5.32 Å². The Labute approximate surface area is 119 Å². The van der Waals surface area contributed by atoms with Gasteiger partial charge in [-0.25, -0.2) is 4.79 Å². The molecule has 1 rings (SSSR count). The Morgan fingerprint density at radius 3 is 2.79 bits per heavy atom. The van der Waals surface area contributed by atoms with E-state index in [1.807, 2.05) is 6.07 Å². The van der Waals surface area contributed by atoms with Crippen LogP contribution < -0.4 is 10.6 Å². The Morgan fingerprint density at radius 2 is 2.16 bits per heavy atom. The zero-order valence-electron chi connectivity index (χ0n) is 11.5. The second kappa shape index (κ2) is 7.74. The van der Waals surface area contributed by atoms with E-state index >= 15 is 0 Å². The van der Waals surface area contributed by atoms with Crippen LogP contribution >= 0.6 is 12.2 Å². The van der Waals surface area contributed by atoms with E-state index in [9.17, 15) is 4.79 Å². The van der Waals surface area contributed by atoms with Gasteiger partial charge in [0, 0.05) is 12.2 Å². The van der Waals surface area contributed by atoms with Crippen molar-refractivity contribution >= 4 is 29.0 Å². The largest absolute Gasteiger partial charge is 0.462 e. The topological polar surface area (TPSA) is 50.4 Å². The molecule has 0 heterocycles. The van der Waals surface area contributed by atoms with Gasteiger partial charge in [0.2, 0.25) is 0 Å². The van der Waals surface area contributed by atoms with Gasteiger partial charge in [0.15, 0.2) is 5.11 Å². The van der Waals surface area contributed by atoms with Gasteiger partial charge in [-0.3, -0.25) is 0 Å². The first-order chi connectivity index (χ1) is 9.02. The predicted molar refractivity (Wildman–Crippen MR) is 81.5 cm³/mol. The van der Waals surface area contributed by atoms with E-state index in [-0.39, 0.29) is 5.97 Å². The first-order valence-corrected chi connectivity index (χ1v) is 6.75. The van der Waals surface area contributed by atoms with E-state index in [1.54, 1.807) is 25.1 Å². The van der Waals surface area contributed by atoms with Gasteiger partial charge >= 0.3 is 5.97 Å². The van der Waals surface area contributed by atoms with Gasteiger partial charge in [0.25, 0.3) is 0 Å². The van der Waals surface area contributed by atoms with Crippen LogP contribution in [-0.4, -0.2) is 24.2 Å². The van der Waals surface area contributed by atoms with Gasteiger partial charge in [-0.15, -0.1) is 0 Å². The van der Waals surface area contributed by atoms with Gasteiger partial charge in [0.05, 0.1) is 12.2 Å². The number of thiocarbonyl (C=S) groups is 1. The van der Waals surface area contributed by atoms with Crippen LogP contribution in [0.2, 0.25) is 0 Å². The summed E-state index contributed by atoms with van der Waals surface area (Å²) in [6, 6.07) is 7.08. The maximum absolute atomic E-state index is 11.6. The SMILES string of the molecule is CCOC(=O)c1cccc(NC(=S)NCC(C)C)c1. The standard InChI is InChI=1S/C14H20N2O2S/c1-4-18-13(17)11-6-5-7-12(8-11)16-14(19)15-9-10(2)3/h5-8,10H,4,9H2,1-3H3,(H2,15,16,19). The molecule has 0 aliphatic heterocycles. The lowest BCUT2D eigenvalue weighted by Gasteiger charge is -2.12. The van der Waals surface area contributed by atoms with Gasteiger partial charge in [-0.1, -0.05) is 19.9 Å². The van der Waals surface area contributed by atoms with Crippen molar-refractivity contribution in [2.45, 2.75) is 20.8 Å². The summed E-state index contributed by atoms with van der Waals surface area (Å²) < 4.78 is 4.95.